The van der Waals surface area contributed by atoms with E-state index in [-0.39, 0.29) is 18.2 Å². The van der Waals surface area contributed by atoms with Crippen LogP contribution in [0, 0.1) is 0 Å². The van der Waals surface area contributed by atoms with Crippen molar-refractivity contribution in [2.45, 2.75) is 25.4 Å². The van der Waals surface area contributed by atoms with Crippen molar-refractivity contribution in [2.75, 3.05) is 17.3 Å². The Kier molecular flexibility index (Phi) is 4.81. The predicted octanol–water partition coefficient (Wildman–Crippen LogP) is 5.33. The number of anilines is 2. The lowest BCUT2D eigenvalue weighted by Crippen LogP contribution is -2.44. The molecule has 2 atom stereocenters. The molecule has 2 heterocycles. The van der Waals surface area contributed by atoms with Crippen LogP contribution in [-0.2, 0) is 4.74 Å². The summed E-state index contributed by atoms with van der Waals surface area (Å²) in [5.41, 5.74) is 4.05. The summed E-state index contributed by atoms with van der Waals surface area (Å²) < 4.78 is 4.98. The lowest BCUT2D eigenvalue weighted by Gasteiger charge is -2.38. The summed E-state index contributed by atoms with van der Waals surface area (Å²) >= 11 is 1.60. The van der Waals surface area contributed by atoms with Gasteiger partial charge in [0, 0.05) is 17.0 Å². The van der Waals surface area contributed by atoms with Crippen LogP contribution in [0.3, 0.4) is 0 Å². The van der Waals surface area contributed by atoms with E-state index in [1.54, 1.807) is 16.2 Å². The fourth-order valence-electron chi connectivity index (χ4n) is 3.56. The molecule has 0 saturated carbocycles. The van der Waals surface area contributed by atoms with Crippen LogP contribution in [-0.4, -0.2) is 24.2 Å². The molecule has 0 radical (unpaired) electrons. The Bertz CT molecular complexity index is 941. The van der Waals surface area contributed by atoms with Crippen molar-refractivity contribution in [3.63, 3.8) is 0 Å². The lowest BCUT2D eigenvalue weighted by atomic mass is 9.92. The number of carbonyl (C=O) groups is 1. The highest BCUT2D eigenvalue weighted by Gasteiger charge is 2.34. The number of thiazole rings is 1. The van der Waals surface area contributed by atoms with Gasteiger partial charge in [-0.2, -0.15) is 0 Å². The van der Waals surface area contributed by atoms with Crippen molar-refractivity contribution in [2.24, 2.45) is 0 Å². The second-order valence-electron chi connectivity index (χ2n) is 6.58. The number of nitrogens with zero attached hydrogens (tertiary/aromatic N) is 2. The summed E-state index contributed by atoms with van der Waals surface area (Å²) in [7, 11) is 1.42. The quantitative estimate of drug-likeness (QED) is 0.668. The minimum Gasteiger partial charge on any atom is -0.452 e. The Hall–Kier alpha value is -2.86. The second kappa shape index (κ2) is 7.40. The molecule has 0 spiro atoms. The summed E-state index contributed by atoms with van der Waals surface area (Å²) in [4.78, 5) is 18.7. The molecule has 0 fully saturated rings. The third-order valence-corrected chi connectivity index (χ3v) is 5.61. The number of methoxy groups -OCH3 is 1. The predicted molar refractivity (Wildman–Crippen MR) is 109 cm³/mol. The Morgan fingerprint density at radius 1 is 1.19 bits per heavy atom. The van der Waals surface area contributed by atoms with Gasteiger partial charge in [-0.3, -0.25) is 4.90 Å². The average molecular weight is 379 g/mol. The molecule has 1 N–H and O–H groups in total. The van der Waals surface area contributed by atoms with Gasteiger partial charge in [0.25, 0.3) is 0 Å². The van der Waals surface area contributed by atoms with E-state index in [1.807, 2.05) is 43.3 Å². The molecule has 1 aromatic heterocycles. The summed E-state index contributed by atoms with van der Waals surface area (Å²) in [6.07, 6.45) is 0.459. The van der Waals surface area contributed by atoms with E-state index < -0.39 is 0 Å². The molecular weight excluding hydrogens is 358 g/mol. The van der Waals surface area contributed by atoms with Gasteiger partial charge >= 0.3 is 6.09 Å². The Morgan fingerprint density at radius 3 is 2.70 bits per heavy atom. The molecule has 1 aliphatic heterocycles. The monoisotopic (exact) mass is 379 g/mol. The van der Waals surface area contributed by atoms with Gasteiger partial charge in [-0.25, -0.2) is 9.78 Å². The van der Waals surface area contributed by atoms with Crippen LogP contribution >= 0.6 is 11.3 Å². The molecule has 138 valence electrons. The van der Waals surface area contributed by atoms with Gasteiger partial charge in [-0.15, -0.1) is 11.3 Å². The summed E-state index contributed by atoms with van der Waals surface area (Å²) in [6.45, 7) is 2.04. The van der Waals surface area contributed by atoms with Crippen LogP contribution in [0.25, 0.3) is 11.3 Å². The second-order valence-corrected chi connectivity index (χ2v) is 7.44. The molecule has 27 heavy (non-hydrogen) atoms. The lowest BCUT2D eigenvalue weighted by molar-refractivity contribution is 0.175. The number of rotatable bonds is 3. The highest BCUT2D eigenvalue weighted by molar-refractivity contribution is 7.14. The van der Waals surface area contributed by atoms with E-state index in [4.69, 9.17) is 9.72 Å². The van der Waals surface area contributed by atoms with Gasteiger partial charge in [0.15, 0.2) is 5.13 Å². The van der Waals surface area contributed by atoms with E-state index in [2.05, 4.69) is 28.9 Å². The maximum absolute atomic E-state index is 12.2. The molecule has 0 bridgehead atoms. The van der Waals surface area contributed by atoms with Gasteiger partial charge in [-0.05, 0) is 25.0 Å². The smallest absolute Gasteiger partial charge is 0.414 e. The van der Waals surface area contributed by atoms with E-state index in [0.717, 1.165) is 34.1 Å². The van der Waals surface area contributed by atoms with Crippen molar-refractivity contribution in [3.05, 3.63) is 65.5 Å². The zero-order valence-corrected chi connectivity index (χ0v) is 16.1. The highest BCUT2D eigenvalue weighted by atomic mass is 32.1. The van der Waals surface area contributed by atoms with E-state index in [1.165, 1.54) is 7.11 Å². The van der Waals surface area contributed by atoms with Crippen LogP contribution in [0.5, 0.6) is 0 Å². The number of hydrogen-bond donors (Lipinski definition) is 1. The van der Waals surface area contributed by atoms with Gasteiger partial charge in [0.1, 0.15) is 0 Å². The fraction of sp³-hybridized carbons (Fsp3) is 0.238. The molecular formula is C21H21N3O2S. The molecule has 0 saturated heterocycles. The normalized spacial score (nSPS) is 18.7. The third kappa shape index (κ3) is 3.40. The van der Waals surface area contributed by atoms with E-state index >= 15 is 0 Å². The van der Waals surface area contributed by atoms with Gasteiger partial charge in [-0.1, -0.05) is 48.5 Å². The summed E-state index contributed by atoms with van der Waals surface area (Å²) in [5.74, 6) is 0. The van der Waals surface area contributed by atoms with Gasteiger partial charge in [0.2, 0.25) is 0 Å². The number of carbonyl (C=O) groups excluding carboxylic acids is 1. The number of benzene rings is 2. The zero-order chi connectivity index (χ0) is 18.8. The van der Waals surface area contributed by atoms with Crippen LogP contribution in [0.15, 0.2) is 60.0 Å². The fourth-order valence-corrected chi connectivity index (χ4v) is 4.33. The van der Waals surface area contributed by atoms with Crippen molar-refractivity contribution in [1.82, 2.24) is 4.98 Å². The molecule has 0 aliphatic carbocycles. The first-order chi connectivity index (χ1) is 13.2. The standard InChI is InChI=1S/C21H21N3O2S/c1-14-12-17(16-10-6-7-11-19(16)24(14)21(25)26-2)22-20-23-18(13-27-20)15-8-4-3-5-9-15/h3-11,13-14,17H,12H2,1-2H3,(H,22,23). The Morgan fingerprint density at radius 2 is 1.93 bits per heavy atom. The van der Waals surface area contributed by atoms with Crippen molar-refractivity contribution < 1.29 is 9.53 Å². The Labute approximate surface area is 162 Å². The average Bonchev–Trinajstić information content (AvgIpc) is 3.17. The highest BCUT2D eigenvalue weighted by Crippen LogP contribution is 2.39. The number of nitrogens with one attached hydrogen (secondary N) is 1. The third-order valence-electron chi connectivity index (χ3n) is 4.83. The van der Waals surface area contributed by atoms with Crippen LogP contribution in [0.4, 0.5) is 15.6 Å². The number of fused-ring (bicyclic) bond motifs is 1. The molecule has 4 rings (SSSR count). The largest absolute Gasteiger partial charge is 0.452 e. The molecule has 2 aromatic carbocycles. The number of amides is 1. The molecule has 6 heteroatoms. The molecule has 1 amide bonds. The first-order valence-electron chi connectivity index (χ1n) is 8.91. The number of para-hydroxylation sites is 1. The van der Waals surface area contributed by atoms with Crippen molar-refractivity contribution >= 4 is 28.2 Å². The number of aromatic nitrogens is 1. The number of ether oxygens (including phenoxy) is 1. The van der Waals surface area contributed by atoms with Crippen LogP contribution in [0.1, 0.15) is 24.9 Å². The van der Waals surface area contributed by atoms with E-state index in [9.17, 15) is 4.79 Å². The first-order valence-corrected chi connectivity index (χ1v) is 9.79. The summed E-state index contributed by atoms with van der Waals surface area (Å²) in [6, 6.07) is 18.2. The Balaban J connectivity index is 1.61. The van der Waals surface area contributed by atoms with Gasteiger partial charge < -0.3 is 10.1 Å². The van der Waals surface area contributed by atoms with Crippen molar-refractivity contribution in [3.8, 4) is 11.3 Å². The maximum atomic E-state index is 12.2. The first kappa shape index (κ1) is 17.5. The molecule has 5 nitrogen and oxygen atoms in total. The molecule has 2 unspecified atom stereocenters. The zero-order valence-electron chi connectivity index (χ0n) is 15.3. The molecule has 1 aliphatic rings. The number of hydrogen-bond acceptors (Lipinski definition) is 5. The summed E-state index contributed by atoms with van der Waals surface area (Å²) in [5, 5.41) is 6.51. The minimum atomic E-state index is -0.325. The van der Waals surface area contributed by atoms with E-state index in [0.29, 0.717) is 0 Å². The molecule has 3 aromatic rings. The topological polar surface area (TPSA) is 54.5 Å². The van der Waals surface area contributed by atoms with Crippen molar-refractivity contribution in [1.29, 1.82) is 0 Å². The van der Waals surface area contributed by atoms with Gasteiger partial charge in [0.05, 0.1) is 24.5 Å². The maximum Gasteiger partial charge on any atom is 0.414 e. The SMILES string of the molecule is COC(=O)N1c2ccccc2C(Nc2nc(-c3ccccc3)cs2)CC1C. The minimum absolute atomic E-state index is 0.0263. The van der Waals surface area contributed by atoms with Crippen LogP contribution in [0.2, 0.25) is 0 Å². The van der Waals surface area contributed by atoms with Crippen LogP contribution < -0.4 is 10.2 Å².